The Bertz CT molecular complexity index is 756. The van der Waals surface area contributed by atoms with E-state index in [1.54, 1.807) is 43.3 Å². The quantitative estimate of drug-likeness (QED) is 0.884. The smallest absolute Gasteiger partial charge is 0.264 e. The molecule has 6 heteroatoms. The molecule has 1 amide bonds. The van der Waals surface area contributed by atoms with Gasteiger partial charge in [0.2, 0.25) is 5.91 Å². The number of nitrogens with zero attached hydrogens (tertiary/aromatic N) is 1. The monoisotopic (exact) mass is 332 g/mol. The molecule has 0 bridgehead atoms. The number of carbonyl (C=O) groups is 1. The van der Waals surface area contributed by atoms with E-state index in [-0.39, 0.29) is 10.8 Å². The van der Waals surface area contributed by atoms with Crippen molar-refractivity contribution in [1.29, 1.82) is 0 Å². The molecule has 23 heavy (non-hydrogen) atoms. The summed E-state index contributed by atoms with van der Waals surface area (Å²) in [6.45, 7) is 3.97. The minimum absolute atomic E-state index is 0.122. The van der Waals surface area contributed by atoms with Crippen LogP contribution < -0.4 is 9.62 Å². The van der Waals surface area contributed by atoms with Gasteiger partial charge in [-0.15, -0.1) is 0 Å². The maximum atomic E-state index is 12.8. The van der Waals surface area contributed by atoms with E-state index < -0.39 is 10.0 Å². The summed E-state index contributed by atoms with van der Waals surface area (Å²) in [6, 6.07) is 15.6. The summed E-state index contributed by atoms with van der Waals surface area (Å²) >= 11 is 0. The van der Waals surface area contributed by atoms with Crippen molar-refractivity contribution in [1.82, 2.24) is 5.32 Å². The Morgan fingerprint density at radius 3 is 2.17 bits per heavy atom. The van der Waals surface area contributed by atoms with Crippen molar-refractivity contribution < 1.29 is 13.2 Å². The third-order valence-electron chi connectivity index (χ3n) is 3.38. The topological polar surface area (TPSA) is 66.5 Å². The number of amides is 1. The first-order valence-corrected chi connectivity index (χ1v) is 8.80. The minimum Gasteiger partial charge on any atom is -0.352 e. The van der Waals surface area contributed by atoms with E-state index in [0.29, 0.717) is 18.8 Å². The predicted octanol–water partition coefficient (Wildman–Crippen LogP) is 2.54. The highest BCUT2D eigenvalue weighted by atomic mass is 32.2. The molecule has 0 saturated heterocycles. The number of rotatable bonds is 6. The van der Waals surface area contributed by atoms with E-state index >= 15 is 0 Å². The van der Waals surface area contributed by atoms with Crippen molar-refractivity contribution in [3.63, 3.8) is 0 Å². The van der Waals surface area contributed by atoms with Crippen LogP contribution in [0.1, 0.15) is 19.4 Å². The Labute approximate surface area is 137 Å². The standard InChI is InChI=1S/C17H20N2O3S/c1-3-19(16-7-5-4-6-8-16)23(21,22)17-11-9-15(10-12-17)13-18-14(2)20/h4-12H,3,13H2,1-2H3,(H,18,20). The molecule has 0 spiro atoms. The van der Waals surface area contributed by atoms with Gasteiger partial charge in [0.05, 0.1) is 10.6 Å². The summed E-state index contributed by atoms with van der Waals surface area (Å²) in [5, 5.41) is 2.68. The van der Waals surface area contributed by atoms with E-state index in [1.165, 1.54) is 11.2 Å². The van der Waals surface area contributed by atoms with Crippen molar-refractivity contribution in [2.75, 3.05) is 10.8 Å². The summed E-state index contributed by atoms with van der Waals surface area (Å²) < 4.78 is 27.0. The Hall–Kier alpha value is -2.34. The first kappa shape index (κ1) is 17.0. The Kier molecular flexibility index (Phi) is 5.39. The van der Waals surface area contributed by atoms with Crippen LogP contribution in [0.5, 0.6) is 0 Å². The van der Waals surface area contributed by atoms with Gasteiger partial charge in [0.15, 0.2) is 0 Å². The molecule has 2 aromatic rings. The molecule has 0 aliphatic carbocycles. The first-order chi connectivity index (χ1) is 10.9. The summed E-state index contributed by atoms with van der Waals surface area (Å²) in [7, 11) is -3.61. The highest BCUT2D eigenvalue weighted by molar-refractivity contribution is 7.92. The molecule has 0 heterocycles. The predicted molar refractivity (Wildman–Crippen MR) is 90.6 cm³/mol. The number of benzene rings is 2. The number of carbonyl (C=O) groups excluding carboxylic acids is 1. The number of hydrogen-bond donors (Lipinski definition) is 1. The van der Waals surface area contributed by atoms with Crippen LogP contribution >= 0.6 is 0 Å². The van der Waals surface area contributed by atoms with Crippen LogP contribution in [-0.2, 0) is 21.4 Å². The van der Waals surface area contributed by atoms with E-state index in [1.807, 2.05) is 18.2 Å². The van der Waals surface area contributed by atoms with Gasteiger partial charge in [-0.05, 0) is 36.8 Å². The SMILES string of the molecule is CCN(c1ccccc1)S(=O)(=O)c1ccc(CNC(C)=O)cc1. The second-order valence-corrected chi connectivity index (χ2v) is 6.92. The van der Waals surface area contributed by atoms with Crippen LogP contribution in [-0.4, -0.2) is 20.9 Å². The third kappa shape index (κ3) is 4.10. The molecule has 0 aliphatic heterocycles. The van der Waals surface area contributed by atoms with Gasteiger partial charge in [-0.1, -0.05) is 30.3 Å². The van der Waals surface area contributed by atoms with E-state index in [9.17, 15) is 13.2 Å². The molecule has 0 aromatic heterocycles. The largest absolute Gasteiger partial charge is 0.352 e. The fourth-order valence-corrected chi connectivity index (χ4v) is 3.69. The molecule has 122 valence electrons. The van der Waals surface area contributed by atoms with Gasteiger partial charge in [-0.25, -0.2) is 8.42 Å². The van der Waals surface area contributed by atoms with Crippen molar-refractivity contribution >= 4 is 21.6 Å². The molecule has 0 fully saturated rings. The maximum Gasteiger partial charge on any atom is 0.264 e. The van der Waals surface area contributed by atoms with Gasteiger partial charge in [0, 0.05) is 20.0 Å². The summed E-state index contributed by atoms with van der Waals surface area (Å²) in [4.78, 5) is 11.1. The second kappa shape index (κ2) is 7.28. The lowest BCUT2D eigenvalue weighted by atomic mass is 10.2. The zero-order valence-corrected chi connectivity index (χ0v) is 14.0. The maximum absolute atomic E-state index is 12.8. The number of para-hydroxylation sites is 1. The van der Waals surface area contributed by atoms with Crippen LogP contribution in [0.3, 0.4) is 0 Å². The lowest BCUT2D eigenvalue weighted by Gasteiger charge is -2.23. The molecular weight excluding hydrogens is 312 g/mol. The minimum atomic E-state index is -3.61. The molecule has 5 nitrogen and oxygen atoms in total. The normalized spacial score (nSPS) is 11.0. The van der Waals surface area contributed by atoms with Crippen LogP contribution in [0.25, 0.3) is 0 Å². The average Bonchev–Trinajstić information content (AvgIpc) is 2.55. The van der Waals surface area contributed by atoms with Gasteiger partial charge < -0.3 is 5.32 Å². The Morgan fingerprint density at radius 1 is 1.04 bits per heavy atom. The Morgan fingerprint density at radius 2 is 1.65 bits per heavy atom. The molecule has 0 radical (unpaired) electrons. The summed E-state index contributed by atoms with van der Waals surface area (Å²) in [5.41, 5.74) is 1.49. The number of hydrogen-bond acceptors (Lipinski definition) is 3. The van der Waals surface area contributed by atoms with E-state index in [4.69, 9.17) is 0 Å². The molecule has 2 aromatic carbocycles. The molecule has 2 rings (SSSR count). The molecule has 1 N–H and O–H groups in total. The van der Waals surface area contributed by atoms with Gasteiger partial charge in [-0.3, -0.25) is 9.10 Å². The van der Waals surface area contributed by atoms with E-state index in [0.717, 1.165) is 5.56 Å². The van der Waals surface area contributed by atoms with Crippen molar-refractivity contribution in [2.45, 2.75) is 25.3 Å². The summed E-state index contributed by atoms with van der Waals surface area (Å²) in [5.74, 6) is -0.122. The van der Waals surface area contributed by atoms with Gasteiger partial charge in [-0.2, -0.15) is 0 Å². The highest BCUT2D eigenvalue weighted by Crippen LogP contribution is 2.23. The molecule has 0 unspecified atom stereocenters. The average molecular weight is 332 g/mol. The molecule has 0 atom stereocenters. The highest BCUT2D eigenvalue weighted by Gasteiger charge is 2.23. The fraction of sp³-hybridized carbons (Fsp3) is 0.235. The van der Waals surface area contributed by atoms with E-state index in [2.05, 4.69) is 5.32 Å². The van der Waals surface area contributed by atoms with Crippen molar-refractivity contribution in [2.24, 2.45) is 0 Å². The lowest BCUT2D eigenvalue weighted by Crippen LogP contribution is -2.30. The van der Waals surface area contributed by atoms with Gasteiger partial charge in [0.25, 0.3) is 10.0 Å². The molecular formula is C17H20N2O3S. The van der Waals surface area contributed by atoms with Crippen LogP contribution in [0.15, 0.2) is 59.5 Å². The van der Waals surface area contributed by atoms with Gasteiger partial charge in [0.1, 0.15) is 0 Å². The van der Waals surface area contributed by atoms with Crippen LogP contribution in [0.4, 0.5) is 5.69 Å². The fourth-order valence-electron chi connectivity index (χ4n) is 2.22. The third-order valence-corrected chi connectivity index (χ3v) is 5.30. The van der Waals surface area contributed by atoms with Crippen LogP contribution in [0.2, 0.25) is 0 Å². The number of anilines is 1. The summed E-state index contributed by atoms with van der Waals surface area (Å²) in [6.07, 6.45) is 0. The number of nitrogens with one attached hydrogen (secondary N) is 1. The van der Waals surface area contributed by atoms with Crippen LogP contribution in [0, 0.1) is 0 Å². The molecule has 0 aliphatic rings. The zero-order valence-electron chi connectivity index (χ0n) is 13.2. The van der Waals surface area contributed by atoms with Gasteiger partial charge >= 0.3 is 0 Å². The Balaban J connectivity index is 2.26. The molecule has 0 saturated carbocycles. The van der Waals surface area contributed by atoms with Crippen molar-refractivity contribution in [3.05, 3.63) is 60.2 Å². The number of sulfonamides is 1. The lowest BCUT2D eigenvalue weighted by molar-refractivity contribution is -0.119. The second-order valence-electron chi connectivity index (χ2n) is 5.06. The zero-order chi connectivity index (χ0) is 16.9. The van der Waals surface area contributed by atoms with Crippen molar-refractivity contribution in [3.8, 4) is 0 Å². The first-order valence-electron chi connectivity index (χ1n) is 7.36.